The van der Waals surface area contributed by atoms with Gasteiger partial charge in [0, 0.05) is 18.6 Å². The number of fused-ring (bicyclic) bond motifs is 1. The van der Waals surface area contributed by atoms with Crippen molar-refractivity contribution in [3.63, 3.8) is 0 Å². The van der Waals surface area contributed by atoms with Crippen LogP contribution in [0, 0.1) is 0 Å². The predicted molar refractivity (Wildman–Crippen MR) is 67.8 cm³/mol. The van der Waals surface area contributed by atoms with Gasteiger partial charge in [-0.3, -0.25) is 4.90 Å². The molecule has 0 aliphatic carbocycles. The number of amides is 2. The minimum Gasteiger partial charge on any atom is -0.480 e. The quantitative estimate of drug-likeness (QED) is 0.544. The van der Waals surface area contributed by atoms with E-state index in [0.717, 1.165) is 32.4 Å². The van der Waals surface area contributed by atoms with Gasteiger partial charge in [0.1, 0.15) is 0 Å². The van der Waals surface area contributed by atoms with E-state index in [4.69, 9.17) is 5.11 Å². The Balaban J connectivity index is 1.85. The van der Waals surface area contributed by atoms with Crippen LogP contribution in [0.5, 0.6) is 0 Å². The molecule has 2 rings (SSSR count). The van der Waals surface area contributed by atoms with Crippen molar-refractivity contribution < 1.29 is 19.8 Å². The van der Waals surface area contributed by atoms with E-state index in [1.165, 1.54) is 6.92 Å². The molecule has 108 valence electrons. The van der Waals surface area contributed by atoms with Crippen molar-refractivity contribution in [1.29, 1.82) is 0 Å². The molecule has 0 spiro atoms. The largest absolute Gasteiger partial charge is 0.480 e. The number of carboxylic acids is 1. The SMILES string of the molecule is CC(O)C(NC(=O)NC1CCN2CCCC12)C(=O)O. The molecule has 0 saturated carbocycles. The molecule has 2 heterocycles. The van der Waals surface area contributed by atoms with Crippen LogP contribution in [-0.2, 0) is 4.79 Å². The van der Waals surface area contributed by atoms with Gasteiger partial charge >= 0.3 is 12.0 Å². The highest BCUT2D eigenvalue weighted by molar-refractivity contribution is 5.83. The van der Waals surface area contributed by atoms with Crippen molar-refractivity contribution in [2.75, 3.05) is 13.1 Å². The van der Waals surface area contributed by atoms with Gasteiger partial charge in [-0.2, -0.15) is 0 Å². The second-order valence-electron chi connectivity index (χ2n) is 5.32. The van der Waals surface area contributed by atoms with Crippen LogP contribution in [0.3, 0.4) is 0 Å². The fraction of sp³-hybridized carbons (Fsp3) is 0.833. The van der Waals surface area contributed by atoms with Gasteiger partial charge < -0.3 is 20.8 Å². The predicted octanol–water partition coefficient (Wildman–Crippen LogP) is -0.644. The van der Waals surface area contributed by atoms with E-state index in [0.29, 0.717) is 6.04 Å². The maximum Gasteiger partial charge on any atom is 0.328 e. The molecule has 2 fully saturated rings. The summed E-state index contributed by atoms with van der Waals surface area (Å²) in [5, 5.41) is 23.3. The van der Waals surface area contributed by atoms with Crippen LogP contribution in [0.4, 0.5) is 4.79 Å². The minimum atomic E-state index is -1.28. The van der Waals surface area contributed by atoms with Gasteiger partial charge in [0.15, 0.2) is 6.04 Å². The molecule has 4 atom stereocenters. The topological polar surface area (TPSA) is 102 Å². The first kappa shape index (κ1) is 14.1. The number of urea groups is 1. The molecule has 0 aromatic carbocycles. The van der Waals surface area contributed by atoms with E-state index in [9.17, 15) is 14.7 Å². The first-order valence-electron chi connectivity index (χ1n) is 6.71. The lowest BCUT2D eigenvalue weighted by Crippen LogP contribution is -2.54. The number of rotatable bonds is 4. The third kappa shape index (κ3) is 3.16. The van der Waals surface area contributed by atoms with Crippen LogP contribution in [-0.4, -0.2) is 64.4 Å². The molecule has 0 aromatic heterocycles. The number of aliphatic hydroxyl groups is 1. The van der Waals surface area contributed by atoms with E-state index < -0.39 is 24.1 Å². The number of nitrogens with one attached hydrogen (secondary N) is 2. The van der Waals surface area contributed by atoms with E-state index >= 15 is 0 Å². The maximum atomic E-state index is 11.8. The lowest BCUT2D eigenvalue weighted by Gasteiger charge is -2.23. The molecule has 0 radical (unpaired) electrons. The molecule has 2 saturated heterocycles. The Morgan fingerprint density at radius 3 is 2.68 bits per heavy atom. The van der Waals surface area contributed by atoms with E-state index in [2.05, 4.69) is 15.5 Å². The molecule has 2 amide bonds. The third-order valence-corrected chi connectivity index (χ3v) is 3.96. The number of hydrogen-bond acceptors (Lipinski definition) is 4. The summed E-state index contributed by atoms with van der Waals surface area (Å²) in [6.45, 7) is 3.40. The van der Waals surface area contributed by atoms with Crippen LogP contribution in [0.1, 0.15) is 26.2 Å². The highest BCUT2D eigenvalue weighted by Gasteiger charge is 2.38. The number of aliphatic hydroxyl groups excluding tert-OH is 1. The van der Waals surface area contributed by atoms with E-state index in [1.54, 1.807) is 0 Å². The molecule has 4 N–H and O–H groups in total. The molecular weight excluding hydrogens is 250 g/mol. The van der Waals surface area contributed by atoms with Crippen LogP contribution in [0.25, 0.3) is 0 Å². The standard InChI is InChI=1S/C12H21N3O4/c1-7(16)10(11(17)18)14-12(19)13-8-4-6-15-5-2-3-9(8)15/h7-10,16H,2-6H2,1H3,(H,17,18)(H2,13,14,19). The van der Waals surface area contributed by atoms with Gasteiger partial charge in [-0.1, -0.05) is 0 Å². The van der Waals surface area contributed by atoms with Crippen molar-refractivity contribution in [3.05, 3.63) is 0 Å². The number of aliphatic carboxylic acids is 1. The molecule has 2 aliphatic heterocycles. The summed E-state index contributed by atoms with van der Waals surface area (Å²) in [5.41, 5.74) is 0. The van der Waals surface area contributed by atoms with Crippen molar-refractivity contribution in [2.24, 2.45) is 0 Å². The average Bonchev–Trinajstić information content (AvgIpc) is 2.90. The Hall–Kier alpha value is -1.34. The molecule has 7 nitrogen and oxygen atoms in total. The Morgan fingerprint density at radius 1 is 1.32 bits per heavy atom. The molecular formula is C12H21N3O4. The number of carbonyl (C=O) groups is 2. The Bertz CT molecular complexity index is 361. The first-order chi connectivity index (χ1) is 8.99. The van der Waals surface area contributed by atoms with Gasteiger partial charge in [0.05, 0.1) is 6.10 Å². The molecule has 2 aliphatic rings. The lowest BCUT2D eigenvalue weighted by molar-refractivity contribution is -0.141. The Labute approximate surface area is 112 Å². The smallest absolute Gasteiger partial charge is 0.328 e. The van der Waals surface area contributed by atoms with Gasteiger partial charge in [0.2, 0.25) is 0 Å². The zero-order valence-corrected chi connectivity index (χ0v) is 11.0. The van der Waals surface area contributed by atoms with Crippen LogP contribution < -0.4 is 10.6 Å². The molecule has 0 aromatic rings. The van der Waals surface area contributed by atoms with Crippen LogP contribution in [0.2, 0.25) is 0 Å². The van der Waals surface area contributed by atoms with Crippen molar-refractivity contribution >= 4 is 12.0 Å². The normalized spacial score (nSPS) is 29.6. The maximum absolute atomic E-state index is 11.8. The fourth-order valence-corrected chi connectivity index (χ4v) is 2.99. The molecule has 4 unspecified atom stereocenters. The first-order valence-corrected chi connectivity index (χ1v) is 6.71. The second kappa shape index (κ2) is 5.75. The van der Waals surface area contributed by atoms with Crippen LogP contribution >= 0.6 is 0 Å². The van der Waals surface area contributed by atoms with Crippen molar-refractivity contribution in [1.82, 2.24) is 15.5 Å². The van der Waals surface area contributed by atoms with E-state index in [-0.39, 0.29) is 6.04 Å². The monoisotopic (exact) mass is 271 g/mol. The third-order valence-electron chi connectivity index (χ3n) is 3.96. The van der Waals surface area contributed by atoms with Crippen LogP contribution in [0.15, 0.2) is 0 Å². The minimum absolute atomic E-state index is 0.0749. The Kier molecular flexibility index (Phi) is 4.26. The number of carboxylic acid groups (broad SMARTS) is 1. The van der Waals surface area contributed by atoms with Crippen molar-refractivity contribution in [2.45, 2.75) is 50.4 Å². The van der Waals surface area contributed by atoms with Gasteiger partial charge in [0.25, 0.3) is 0 Å². The summed E-state index contributed by atoms with van der Waals surface area (Å²) in [4.78, 5) is 25.0. The van der Waals surface area contributed by atoms with E-state index in [1.807, 2.05) is 0 Å². The summed E-state index contributed by atoms with van der Waals surface area (Å²) >= 11 is 0. The summed E-state index contributed by atoms with van der Waals surface area (Å²) in [6.07, 6.45) is 1.99. The Morgan fingerprint density at radius 2 is 2.05 bits per heavy atom. The summed E-state index contributed by atoms with van der Waals surface area (Å²) in [6, 6.07) is -1.35. The summed E-state index contributed by atoms with van der Waals surface area (Å²) < 4.78 is 0. The molecule has 19 heavy (non-hydrogen) atoms. The summed E-state index contributed by atoms with van der Waals surface area (Å²) in [7, 11) is 0. The highest BCUT2D eigenvalue weighted by Crippen LogP contribution is 2.27. The highest BCUT2D eigenvalue weighted by atomic mass is 16.4. The van der Waals surface area contributed by atoms with Gasteiger partial charge in [-0.05, 0) is 32.7 Å². The number of nitrogens with zero attached hydrogens (tertiary/aromatic N) is 1. The van der Waals surface area contributed by atoms with Gasteiger partial charge in [-0.15, -0.1) is 0 Å². The fourth-order valence-electron chi connectivity index (χ4n) is 2.99. The molecule has 0 bridgehead atoms. The zero-order valence-electron chi connectivity index (χ0n) is 11.0. The summed E-state index contributed by atoms with van der Waals surface area (Å²) in [5.74, 6) is -1.24. The lowest BCUT2D eigenvalue weighted by atomic mass is 10.1. The number of hydrogen-bond donors (Lipinski definition) is 4. The zero-order chi connectivity index (χ0) is 14.0. The van der Waals surface area contributed by atoms with Crippen molar-refractivity contribution in [3.8, 4) is 0 Å². The second-order valence-corrected chi connectivity index (χ2v) is 5.32. The molecule has 7 heteroatoms. The van der Waals surface area contributed by atoms with Gasteiger partial charge in [-0.25, -0.2) is 9.59 Å². The average molecular weight is 271 g/mol. The number of carbonyl (C=O) groups excluding carboxylic acids is 1.